The van der Waals surface area contributed by atoms with E-state index in [-0.39, 0.29) is 6.04 Å². The van der Waals surface area contributed by atoms with E-state index in [0.29, 0.717) is 29.8 Å². The van der Waals surface area contributed by atoms with Gasteiger partial charge in [0.05, 0.1) is 59.8 Å². The highest BCUT2D eigenvalue weighted by Gasteiger charge is 2.18. The van der Waals surface area contributed by atoms with E-state index < -0.39 is 0 Å². The maximum Gasteiger partial charge on any atom is 0.237 e. The number of rotatable bonds is 9. The third-order valence-corrected chi connectivity index (χ3v) is 6.31. The fourth-order valence-electron chi connectivity index (χ4n) is 4.41. The zero-order chi connectivity index (χ0) is 26.5. The molecule has 3 aromatic rings. The summed E-state index contributed by atoms with van der Waals surface area (Å²) in [4.78, 5) is 14.3. The Morgan fingerprint density at radius 3 is 2.42 bits per heavy atom. The van der Waals surface area contributed by atoms with Crippen LogP contribution in [0.3, 0.4) is 0 Å². The molecule has 0 bridgehead atoms. The summed E-state index contributed by atoms with van der Waals surface area (Å²) in [7, 11) is 4.90. The average Bonchev–Trinajstić information content (AvgIpc) is 2.93. The summed E-state index contributed by atoms with van der Waals surface area (Å²) in [5, 5.41) is 4.86. The van der Waals surface area contributed by atoms with E-state index in [1.54, 1.807) is 27.5 Å². The Kier molecular flexibility index (Phi) is 7.83. The summed E-state index contributed by atoms with van der Waals surface area (Å²) in [6, 6.07) is 23.4. The van der Waals surface area contributed by atoms with Crippen LogP contribution < -0.4 is 15.4 Å². The first-order valence-electron chi connectivity index (χ1n) is 12.1. The number of methoxy groups -OCH3 is 3. The summed E-state index contributed by atoms with van der Waals surface area (Å²) >= 11 is 6.22. The number of para-hydroxylation sites is 2. The van der Waals surface area contributed by atoms with Gasteiger partial charge in [-0.2, -0.15) is 0 Å². The fraction of sp³-hybridized carbons (Fsp3) is 0.207. The molecule has 9 heteroatoms. The summed E-state index contributed by atoms with van der Waals surface area (Å²) in [6.45, 7) is 0.823. The van der Waals surface area contributed by atoms with Crippen LogP contribution in [0.1, 0.15) is 0 Å². The van der Waals surface area contributed by atoms with E-state index in [1.165, 1.54) is 0 Å². The molecule has 2 aromatic carbocycles. The Balaban J connectivity index is 1.81. The Morgan fingerprint density at radius 1 is 0.921 bits per heavy atom. The molecule has 0 unspecified atom stereocenters. The van der Waals surface area contributed by atoms with Crippen molar-refractivity contribution in [3.05, 3.63) is 89.4 Å². The highest BCUT2D eigenvalue weighted by atomic mass is 35.5. The first kappa shape index (κ1) is 25.7. The summed E-state index contributed by atoms with van der Waals surface area (Å²) in [5.74, 6) is 0.478. The molecule has 0 saturated carbocycles. The van der Waals surface area contributed by atoms with Gasteiger partial charge < -0.3 is 24.1 Å². The Hall–Kier alpha value is -3.98. The third-order valence-electron chi connectivity index (χ3n) is 6.06. The molecule has 38 heavy (non-hydrogen) atoms. The van der Waals surface area contributed by atoms with E-state index in [2.05, 4.69) is 20.9 Å². The van der Waals surface area contributed by atoms with Gasteiger partial charge in [-0.25, -0.2) is 9.97 Å². The SMILES string of the molecule is COCC(COC)/N=c1\cc2n(-c3ccc(Cl)cc3)c3ccccc3nc-2cc1Nc1cccnc1OC. The van der Waals surface area contributed by atoms with Gasteiger partial charge in [-0.3, -0.25) is 4.99 Å². The molecule has 0 spiro atoms. The van der Waals surface area contributed by atoms with Gasteiger partial charge in [0.2, 0.25) is 5.88 Å². The quantitative estimate of drug-likeness (QED) is 0.254. The highest BCUT2D eigenvalue weighted by molar-refractivity contribution is 6.30. The van der Waals surface area contributed by atoms with Crippen LogP contribution in [0.25, 0.3) is 28.1 Å². The Bertz CT molecular complexity index is 1580. The zero-order valence-corrected chi connectivity index (χ0v) is 22.1. The smallest absolute Gasteiger partial charge is 0.237 e. The van der Waals surface area contributed by atoms with Crippen molar-refractivity contribution in [1.29, 1.82) is 0 Å². The highest BCUT2D eigenvalue weighted by Crippen LogP contribution is 2.32. The normalized spacial score (nSPS) is 12.0. The predicted octanol–water partition coefficient (Wildman–Crippen LogP) is 5.49. The second-order valence-corrected chi connectivity index (χ2v) is 9.09. The van der Waals surface area contributed by atoms with Crippen molar-refractivity contribution in [2.24, 2.45) is 4.99 Å². The van der Waals surface area contributed by atoms with E-state index in [0.717, 1.165) is 39.2 Å². The number of hydrogen-bond acceptors (Lipinski definition) is 7. The molecule has 1 N–H and O–H groups in total. The van der Waals surface area contributed by atoms with Crippen LogP contribution in [-0.2, 0) is 9.47 Å². The molecule has 8 nitrogen and oxygen atoms in total. The minimum atomic E-state index is -0.212. The molecule has 194 valence electrons. The third kappa shape index (κ3) is 5.33. The van der Waals surface area contributed by atoms with E-state index in [4.69, 9.17) is 35.8 Å². The van der Waals surface area contributed by atoms with Crippen LogP contribution in [0, 0.1) is 0 Å². The lowest BCUT2D eigenvalue weighted by Gasteiger charge is -2.21. The lowest BCUT2D eigenvalue weighted by atomic mass is 10.1. The van der Waals surface area contributed by atoms with Crippen LogP contribution in [0.15, 0.2) is 84.0 Å². The number of halogens is 1. The molecule has 5 rings (SSSR count). The number of aromatic nitrogens is 3. The number of pyridine rings is 1. The maximum atomic E-state index is 6.22. The van der Waals surface area contributed by atoms with Gasteiger partial charge in [0.1, 0.15) is 5.69 Å². The lowest BCUT2D eigenvalue weighted by Crippen LogP contribution is -2.24. The van der Waals surface area contributed by atoms with Crippen molar-refractivity contribution >= 4 is 34.0 Å². The maximum absolute atomic E-state index is 6.22. The first-order chi connectivity index (χ1) is 18.6. The molecule has 0 radical (unpaired) electrons. The second-order valence-electron chi connectivity index (χ2n) is 8.65. The summed E-state index contributed by atoms with van der Waals surface area (Å²) < 4.78 is 18.5. The summed E-state index contributed by atoms with van der Waals surface area (Å²) in [6.07, 6.45) is 1.69. The van der Waals surface area contributed by atoms with Crippen molar-refractivity contribution in [3.63, 3.8) is 0 Å². The number of nitrogens with one attached hydrogen (secondary N) is 1. The zero-order valence-electron chi connectivity index (χ0n) is 21.4. The molecule has 1 aliphatic heterocycles. The van der Waals surface area contributed by atoms with Crippen LogP contribution in [-0.4, -0.2) is 55.1 Å². The number of benzene rings is 3. The van der Waals surface area contributed by atoms with Gasteiger partial charge in [-0.1, -0.05) is 23.7 Å². The van der Waals surface area contributed by atoms with Gasteiger partial charge in [0, 0.05) is 31.1 Å². The number of anilines is 2. The van der Waals surface area contributed by atoms with Crippen LogP contribution >= 0.6 is 11.6 Å². The number of nitrogens with zero attached hydrogens (tertiary/aromatic N) is 4. The second kappa shape index (κ2) is 11.6. The monoisotopic (exact) mass is 529 g/mol. The van der Waals surface area contributed by atoms with Crippen molar-refractivity contribution in [1.82, 2.24) is 14.5 Å². The van der Waals surface area contributed by atoms with Crippen molar-refractivity contribution < 1.29 is 14.2 Å². The molecule has 0 amide bonds. The van der Waals surface area contributed by atoms with Crippen molar-refractivity contribution in [2.75, 3.05) is 39.9 Å². The van der Waals surface area contributed by atoms with Crippen molar-refractivity contribution in [2.45, 2.75) is 6.04 Å². The number of fused-ring (bicyclic) bond motifs is 2. The van der Waals surface area contributed by atoms with Crippen LogP contribution in [0.4, 0.5) is 11.4 Å². The fourth-order valence-corrected chi connectivity index (χ4v) is 4.54. The Labute approximate surface area is 225 Å². The topological polar surface area (TPSA) is 82.8 Å². The van der Waals surface area contributed by atoms with E-state index >= 15 is 0 Å². The van der Waals surface area contributed by atoms with Gasteiger partial charge in [0.25, 0.3) is 0 Å². The molecular formula is C29H28ClN5O3. The Morgan fingerprint density at radius 2 is 1.68 bits per heavy atom. The predicted molar refractivity (Wildman–Crippen MR) is 150 cm³/mol. The van der Waals surface area contributed by atoms with Crippen LogP contribution in [0.5, 0.6) is 5.88 Å². The number of hydrogen-bond donors (Lipinski definition) is 1. The minimum absolute atomic E-state index is 0.212. The van der Waals surface area contributed by atoms with E-state index in [9.17, 15) is 0 Å². The average molecular weight is 530 g/mol. The molecule has 2 heterocycles. The summed E-state index contributed by atoms with van der Waals surface area (Å²) in [5.41, 5.74) is 5.94. The molecular weight excluding hydrogens is 502 g/mol. The largest absolute Gasteiger partial charge is 0.480 e. The first-order valence-corrected chi connectivity index (χ1v) is 12.5. The van der Waals surface area contributed by atoms with Gasteiger partial charge in [-0.05, 0) is 60.7 Å². The number of ether oxygens (including phenoxy) is 3. The molecule has 2 aliphatic rings. The molecule has 0 atom stereocenters. The molecule has 0 fully saturated rings. The van der Waals surface area contributed by atoms with Crippen LogP contribution in [0.2, 0.25) is 5.02 Å². The lowest BCUT2D eigenvalue weighted by molar-refractivity contribution is 0.118. The van der Waals surface area contributed by atoms with Gasteiger partial charge in [-0.15, -0.1) is 0 Å². The minimum Gasteiger partial charge on any atom is -0.480 e. The van der Waals surface area contributed by atoms with Gasteiger partial charge >= 0.3 is 0 Å². The molecule has 0 saturated heterocycles. The van der Waals surface area contributed by atoms with E-state index in [1.807, 2.05) is 66.7 Å². The molecule has 1 aliphatic carbocycles. The van der Waals surface area contributed by atoms with Gasteiger partial charge in [0.15, 0.2) is 0 Å². The molecule has 1 aromatic heterocycles. The standard InChI is InChI=1S/C29H28ClN5O3/c1-36-17-20(18-37-2)32-25-16-28-26(15-24(25)34-23-8-6-14-31-29(23)38-3)33-22-7-4-5-9-27(22)35(28)21-12-10-19(30)11-13-21/h4-16,20,34H,17-18H2,1-3H3/b32-25+. The van der Waals surface area contributed by atoms with Crippen molar-refractivity contribution in [3.8, 4) is 23.0 Å².